The third-order valence-electron chi connectivity index (χ3n) is 3.37. The molecular formula is C11H17BrN2. The molecule has 0 radical (unpaired) electrons. The molecule has 1 heterocycles. The van der Waals surface area contributed by atoms with Gasteiger partial charge in [0.2, 0.25) is 0 Å². The van der Waals surface area contributed by atoms with Gasteiger partial charge in [0.05, 0.1) is 0 Å². The highest BCUT2D eigenvalue weighted by molar-refractivity contribution is 9.09. The minimum absolute atomic E-state index is 0.681. The van der Waals surface area contributed by atoms with Crippen LogP contribution in [0.15, 0.2) is 12.3 Å². The van der Waals surface area contributed by atoms with Crippen LogP contribution in [0.5, 0.6) is 0 Å². The Hall–Kier alpha value is -0.310. The van der Waals surface area contributed by atoms with Gasteiger partial charge in [0.1, 0.15) is 0 Å². The van der Waals surface area contributed by atoms with Crippen LogP contribution in [0, 0.1) is 5.92 Å². The highest BCUT2D eigenvalue weighted by atomic mass is 79.9. The van der Waals surface area contributed by atoms with Crippen molar-refractivity contribution in [3.63, 3.8) is 0 Å². The highest BCUT2D eigenvalue weighted by Gasteiger charge is 2.29. The largest absolute Gasteiger partial charge is 0.272 e. The first-order chi connectivity index (χ1) is 6.68. The van der Waals surface area contributed by atoms with Gasteiger partial charge in [0.25, 0.3) is 0 Å². The van der Waals surface area contributed by atoms with Crippen LogP contribution in [0.1, 0.15) is 37.8 Å². The predicted octanol–water partition coefficient (Wildman–Crippen LogP) is 3.09. The van der Waals surface area contributed by atoms with Crippen molar-refractivity contribution in [3.8, 4) is 0 Å². The molecule has 0 aromatic carbocycles. The molecule has 0 N–H and O–H groups in total. The van der Waals surface area contributed by atoms with E-state index in [1.54, 1.807) is 0 Å². The van der Waals surface area contributed by atoms with Gasteiger partial charge in [0, 0.05) is 29.7 Å². The van der Waals surface area contributed by atoms with Crippen LogP contribution < -0.4 is 0 Å². The Bertz CT molecular complexity index is 308. The number of aromatic nitrogens is 2. The van der Waals surface area contributed by atoms with Gasteiger partial charge in [0.15, 0.2) is 0 Å². The Morgan fingerprint density at radius 1 is 1.50 bits per heavy atom. The van der Waals surface area contributed by atoms with Crippen LogP contribution in [0.25, 0.3) is 0 Å². The van der Waals surface area contributed by atoms with Gasteiger partial charge in [-0.15, -0.1) is 0 Å². The van der Waals surface area contributed by atoms with Crippen molar-refractivity contribution >= 4 is 15.9 Å². The van der Waals surface area contributed by atoms with Crippen molar-refractivity contribution in [1.82, 2.24) is 9.78 Å². The molecule has 1 fully saturated rings. The fourth-order valence-corrected chi connectivity index (χ4v) is 3.10. The molecule has 0 aliphatic heterocycles. The molecule has 1 aromatic rings. The Balaban J connectivity index is 2.20. The molecule has 14 heavy (non-hydrogen) atoms. The summed E-state index contributed by atoms with van der Waals surface area (Å²) in [5.74, 6) is 1.47. The second-order valence-electron chi connectivity index (χ2n) is 4.37. The van der Waals surface area contributed by atoms with E-state index < -0.39 is 0 Å². The molecule has 0 spiro atoms. The Morgan fingerprint density at radius 2 is 2.29 bits per heavy atom. The minimum Gasteiger partial charge on any atom is -0.272 e. The summed E-state index contributed by atoms with van der Waals surface area (Å²) in [5.41, 5.74) is 1.39. The summed E-state index contributed by atoms with van der Waals surface area (Å²) in [6.45, 7) is 2.36. The number of hydrogen-bond donors (Lipinski definition) is 0. The number of nitrogens with zero attached hydrogens (tertiary/aromatic N) is 2. The van der Waals surface area contributed by atoms with E-state index in [9.17, 15) is 0 Å². The standard InChI is InChI=1S/C11H17BrN2/c1-8-3-4-9(12)7-10(8)11-5-6-13-14(11)2/h5-6,8-10H,3-4,7H2,1-2H3. The maximum absolute atomic E-state index is 4.25. The summed E-state index contributed by atoms with van der Waals surface area (Å²) in [5, 5.41) is 4.25. The Labute approximate surface area is 93.8 Å². The van der Waals surface area contributed by atoms with E-state index in [2.05, 4.69) is 34.0 Å². The van der Waals surface area contributed by atoms with Crippen LogP contribution in [0.2, 0.25) is 0 Å². The second-order valence-corrected chi connectivity index (χ2v) is 5.67. The average molecular weight is 257 g/mol. The number of hydrogen-bond acceptors (Lipinski definition) is 1. The lowest BCUT2D eigenvalue weighted by atomic mass is 9.78. The van der Waals surface area contributed by atoms with E-state index >= 15 is 0 Å². The number of alkyl halides is 1. The maximum atomic E-state index is 4.25. The SMILES string of the molecule is CC1CCC(Br)CC1c1ccnn1C. The van der Waals surface area contributed by atoms with Gasteiger partial charge in [-0.1, -0.05) is 22.9 Å². The molecule has 0 saturated heterocycles. The molecule has 1 aliphatic rings. The molecule has 3 heteroatoms. The van der Waals surface area contributed by atoms with Crippen LogP contribution in [-0.4, -0.2) is 14.6 Å². The van der Waals surface area contributed by atoms with Crippen molar-refractivity contribution in [2.75, 3.05) is 0 Å². The van der Waals surface area contributed by atoms with Crippen molar-refractivity contribution in [1.29, 1.82) is 0 Å². The summed E-state index contributed by atoms with van der Waals surface area (Å²) in [7, 11) is 2.04. The molecule has 1 saturated carbocycles. The van der Waals surface area contributed by atoms with Crippen molar-refractivity contribution in [2.45, 2.75) is 36.9 Å². The first kappa shape index (κ1) is 10.2. The molecule has 1 aromatic heterocycles. The number of aryl methyl sites for hydroxylation is 1. The molecule has 0 bridgehead atoms. The second kappa shape index (κ2) is 4.05. The summed E-state index contributed by atoms with van der Waals surface area (Å²) < 4.78 is 2.02. The van der Waals surface area contributed by atoms with E-state index in [0.29, 0.717) is 10.7 Å². The smallest absolute Gasteiger partial charge is 0.0492 e. The predicted molar refractivity (Wildman–Crippen MR) is 61.7 cm³/mol. The lowest BCUT2D eigenvalue weighted by Crippen LogP contribution is -2.23. The molecular weight excluding hydrogens is 240 g/mol. The van der Waals surface area contributed by atoms with Gasteiger partial charge >= 0.3 is 0 Å². The summed E-state index contributed by atoms with van der Waals surface area (Å²) in [6.07, 6.45) is 5.79. The van der Waals surface area contributed by atoms with E-state index in [0.717, 1.165) is 5.92 Å². The highest BCUT2D eigenvalue weighted by Crippen LogP contribution is 2.39. The summed E-state index contributed by atoms with van der Waals surface area (Å²) in [4.78, 5) is 0.693. The van der Waals surface area contributed by atoms with Gasteiger partial charge in [-0.05, 0) is 31.2 Å². The van der Waals surface area contributed by atoms with Crippen molar-refractivity contribution < 1.29 is 0 Å². The molecule has 2 rings (SSSR count). The van der Waals surface area contributed by atoms with E-state index in [4.69, 9.17) is 0 Å². The first-order valence-corrected chi connectivity index (χ1v) is 6.22. The Morgan fingerprint density at radius 3 is 2.93 bits per heavy atom. The molecule has 0 amide bonds. The van der Waals surface area contributed by atoms with Gasteiger partial charge in [-0.25, -0.2) is 0 Å². The zero-order chi connectivity index (χ0) is 10.1. The zero-order valence-electron chi connectivity index (χ0n) is 8.78. The fourth-order valence-electron chi connectivity index (χ4n) is 2.43. The average Bonchev–Trinajstić information content (AvgIpc) is 2.56. The zero-order valence-corrected chi connectivity index (χ0v) is 10.4. The topological polar surface area (TPSA) is 17.8 Å². The van der Waals surface area contributed by atoms with Gasteiger partial charge < -0.3 is 0 Å². The normalized spacial score (nSPS) is 33.2. The number of halogens is 1. The summed E-state index contributed by atoms with van der Waals surface area (Å²) in [6, 6.07) is 2.16. The first-order valence-electron chi connectivity index (χ1n) is 5.30. The van der Waals surface area contributed by atoms with E-state index in [1.165, 1.54) is 25.0 Å². The lowest BCUT2D eigenvalue weighted by Gasteiger charge is -2.31. The van der Waals surface area contributed by atoms with Crippen molar-refractivity contribution in [2.24, 2.45) is 13.0 Å². The molecule has 3 unspecified atom stereocenters. The monoisotopic (exact) mass is 256 g/mol. The van der Waals surface area contributed by atoms with Gasteiger partial charge in [-0.3, -0.25) is 4.68 Å². The molecule has 2 nitrogen and oxygen atoms in total. The summed E-state index contributed by atoms with van der Waals surface area (Å²) >= 11 is 3.74. The van der Waals surface area contributed by atoms with Crippen molar-refractivity contribution in [3.05, 3.63) is 18.0 Å². The molecule has 78 valence electrons. The molecule has 3 atom stereocenters. The van der Waals surface area contributed by atoms with Crippen LogP contribution in [-0.2, 0) is 7.05 Å². The van der Waals surface area contributed by atoms with Crippen LogP contribution >= 0.6 is 15.9 Å². The van der Waals surface area contributed by atoms with E-state index in [-0.39, 0.29) is 0 Å². The Kier molecular flexibility index (Phi) is 2.96. The number of rotatable bonds is 1. The quantitative estimate of drug-likeness (QED) is 0.707. The fraction of sp³-hybridized carbons (Fsp3) is 0.727. The maximum Gasteiger partial charge on any atom is 0.0492 e. The lowest BCUT2D eigenvalue weighted by molar-refractivity contribution is 0.327. The third kappa shape index (κ3) is 1.88. The van der Waals surface area contributed by atoms with E-state index in [1.807, 2.05) is 17.9 Å². The minimum atomic E-state index is 0.681. The van der Waals surface area contributed by atoms with Crippen LogP contribution in [0.4, 0.5) is 0 Å². The van der Waals surface area contributed by atoms with Crippen LogP contribution in [0.3, 0.4) is 0 Å². The van der Waals surface area contributed by atoms with Gasteiger partial charge in [-0.2, -0.15) is 5.10 Å². The molecule has 1 aliphatic carbocycles. The third-order valence-corrected chi connectivity index (χ3v) is 4.20.